The molecule has 17 heteroatoms. The molecule has 3 aromatic rings. The van der Waals surface area contributed by atoms with E-state index in [2.05, 4.69) is 28.2 Å². The highest BCUT2D eigenvalue weighted by Gasteiger charge is 2.47. The van der Waals surface area contributed by atoms with Crippen LogP contribution in [0.25, 0.3) is 0 Å². The maximum atomic E-state index is 14.6. The highest BCUT2D eigenvalue weighted by Crippen LogP contribution is 2.25. The number of carbonyl (C=O) groups is 5. The smallest absolute Gasteiger partial charge is 0.252 e. The number of aryl methyl sites for hydroxylation is 5. The van der Waals surface area contributed by atoms with Crippen molar-refractivity contribution in [2.75, 3.05) is 13.2 Å². The zero-order valence-electron chi connectivity index (χ0n) is 49.6. The second-order valence-corrected chi connectivity index (χ2v) is 22.8. The topological polar surface area (TPSA) is 285 Å². The fraction of sp³-hybridized carbons (Fsp3) is 0.641. The summed E-state index contributed by atoms with van der Waals surface area (Å²) in [4.78, 5) is 69.0. The Kier molecular flexibility index (Phi) is 31.0. The van der Waals surface area contributed by atoms with Crippen molar-refractivity contribution in [3.63, 3.8) is 0 Å². The largest absolute Gasteiger partial charge is 0.508 e. The molecule has 12 N–H and O–H groups in total. The Balaban J connectivity index is 1.33. The van der Waals surface area contributed by atoms with Crippen LogP contribution in [0.15, 0.2) is 54.6 Å². The second kappa shape index (κ2) is 36.9. The number of primary amides is 1. The monoisotopic (exact) mass is 1130 g/mol. The van der Waals surface area contributed by atoms with E-state index in [4.69, 9.17) is 20.9 Å². The van der Waals surface area contributed by atoms with E-state index in [1.807, 2.05) is 63.2 Å². The van der Waals surface area contributed by atoms with Crippen LogP contribution in [0.2, 0.25) is 0 Å². The van der Waals surface area contributed by atoms with Gasteiger partial charge in [-0.05, 0) is 118 Å². The number of amides is 5. The molecular formula is C64H100N6O11. The van der Waals surface area contributed by atoms with Gasteiger partial charge in [-0.2, -0.15) is 0 Å². The van der Waals surface area contributed by atoms with Gasteiger partial charge in [0.25, 0.3) is 5.91 Å². The Labute approximate surface area is 482 Å². The summed E-state index contributed by atoms with van der Waals surface area (Å²) in [6, 6.07) is 11.5. The van der Waals surface area contributed by atoms with Crippen LogP contribution in [0.5, 0.6) is 5.75 Å². The number of aromatic hydroxyl groups is 1. The average Bonchev–Trinajstić information content (AvgIpc) is 3.42. The third-order valence-electron chi connectivity index (χ3n) is 15.7. The molecule has 3 aromatic carbocycles. The first kappa shape index (κ1) is 68.1. The second-order valence-electron chi connectivity index (χ2n) is 22.8. The lowest BCUT2D eigenvalue weighted by molar-refractivity contribution is -0.290. The first-order valence-electron chi connectivity index (χ1n) is 30.3. The minimum absolute atomic E-state index is 0.0368. The number of carbonyl (C=O) groups excluding carboxylic acids is 5. The molecule has 452 valence electrons. The molecule has 1 saturated heterocycles. The molecule has 0 aliphatic carbocycles. The molecule has 0 unspecified atom stereocenters. The van der Waals surface area contributed by atoms with Crippen LogP contribution in [-0.4, -0.2) is 118 Å². The molecule has 0 bridgehead atoms. The summed E-state index contributed by atoms with van der Waals surface area (Å²) in [7, 11) is 0. The number of aliphatic hydroxyl groups is 3. The Hall–Kier alpha value is -5.43. The molecule has 0 aromatic heterocycles. The van der Waals surface area contributed by atoms with Crippen molar-refractivity contribution in [3.8, 4) is 5.75 Å². The molecule has 5 amide bonds. The van der Waals surface area contributed by atoms with Crippen LogP contribution in [0.1, 0.15) is 186 Å². The van der Waals surface area contributed by atoms with Gasteiger partial charge in [-0.3, -0.25) is 24.0 Å². The molecule has 1 aliphatic heterocycles. The van der Waals surface area contributed by atoms with Gasteiger partial charge in [0.05, 0.1) is 6.04 Å². The SMILES string of the molecule is CCCCCCCCCCCCCCCCCCCCO[C@@H]1O[C@H](C(=O)NCCCC[C@@H](NC(=O)[C@@H](N)Cc2c(C)cc(O)cc2C)C(=O)N[C@@H](Cc2c(C)cc(C)cc2C)C(=O)N[C@@H](Cc2ccccc2)C(N)=O)[C@@H](O)[C@H](O)[C@H]1O. The third kappa shape index (κ3) is 24.1. The summed E-state index contributed by atoms with van der Waals surface area (Å²) in [6.07, 6.45) is 15.3. The summed E-state index contributed by atoms with van der Waals surface area (Å²) in [5, 5.41) is 53.5. The molecule has 0 saturated carbocycles. The van der Waals surface area contributed by atoms with Crippen molar-refractivity contribution >= 4 is 29.5 Å². The molecule has 17 nitrogen and oxygen atoms in total. The number of hydrogen-bond acceptors (Lipinski definition) is 12. The summed E-state index contributed by atoms with van der Waals surface area (Å²) in [5.41, 5.74) is 18.9. The van der Waals surface area contributed by atoms with Crippen molar-refractivity contribution in [1.29, 1.82) is 0 Å². The lowest BCUT2D eigenvalue weighted by atomic mass is 9.93. The minimum Gasteiger partial charge on any atom is -0.508 e. The van der Waals surface area contributed by atoms with Crippen LogP contribution >= 0.6 is 0 Å². The number of hydrogen-bond donors (Lipinski definition) is 10. The predicted molar refractivity (Wildman–Crippen MR) is 317 cm³/mol. The van der Waals surface area contributed by atoms with Gasteiger partial charge in [0, 0.05) is 26.0 Å². The lowest BCUT2D eigenvalue weighted by Crippen LogP contribution is -2.62. The molecule has 1 heterocycles. The first-order chi connectivity index (χ1) is 38.8. The van der Waals surface area contributed by atoms with Crippen LogP contribution in [0, 0.1) is 34.6 Å². The first-order valence-corrected chi connectivity index (χ1v) is 30.3. The number of nitrogens with two attached hydrogens (primary N) is 2. The number of rotatable bonds is 39. The normalized spacial score (nSPS) is 18.6. The van der Waals surface area contributed by atoms with Gasteiger partial charge in [0.2, 0.25) is 23.6 Å². The Bertz CT molecular complexity index is 2340. The summed E-state index contributed by atoms with van der Waals surface area (Å²) < 4.78 is 11.5. The Morgan fingerprint density at radius 1 is 0.568 bits per heavy atom. The van der Waals surface area contributed by atoms with E-state index in [1.54, 1.807) is 26.0 Å². The minimum atomic E-state index is -1.74. The number of ether oxygens (including phenoxy) is 2. The fourth-order valence-electron chi connectivity index (χ4n) is 10.9. The Morgan fingerprint density at radius 3 is 1.59 bits per heavy atom. The highest BCUT2D eigenvalue weighted by molar-refractivity contribution is 5.95. The van der Waals surface area contributed by atoms with E-state index in [1.165, 1.54) is 89.9 Å². The van der Waals surface area contributed by atoms with Crippen molar-refractivity contribution in [1.82, 2.24) is 21.3 Å². The molecule has 0 spiro atoms. The van der Waals surface area contributed by atoms with Gasteiger partial charge in [-0.1, -0.05) is 164 Å². The van der Waals surface area contributed by atoms with Crippen molar-refractivity contribution < 1.29 is 53.9 Å². The summed E-state index contributed by atoms with van der Waals surface area (Å²) >= 11 is 0. The maximum Gasteiger partial charge on any atom is 0.252 e. The number of unbranched alkanes of at least 4 members (excludes halogenated alkanes) is 18. The Morgan fingerprint density at radius 2 is 1.05 bits per heavy atom. The van der Waals surface area contributed by atoms with Gasteiger partial charge in [0.15, 0.2) is 12.4 Å². The fourth-order valence-corrected chi connectivity index (χ4v) is 10.9. The van der Waals surface area contributed by atoms with E-state index in [0.29, 0.717) is 6.42 Å². The van der Waals surface area contributed by atoms with E-state index in [-0.39, 0.29) is 57.4 Å². The zero-order chi connectivity index (χ0) is 59.3. The maximum absolute atomic E-state index is 14.6. The van der Waals surface area contributed by atoms with E-state index >= 15 is 0 Å². The van der Waals surface area contributed by atoms with E-state index < -0.39 is 84.4 Å². The van der Waals surface area contributed by atoms with Crippen LogP contribution in [-0.2, 0) is 52.7 Å². The standard InChI is InChI=1S/C64H100N6O11/c1-7-8-9-10-11-12-13-14-15-16-17-18-19-20-21-22-23-29-34-80-64-57(74)55(72)56(73)58(81-64)63(79)67-33-28-27-32-52(68-60(76)51(65)40-49-45(5)37-48(71)38-46(49)6)61(77)70-54(41-50-43(3)35-42(2)36-44(50)4)62(78)69-53(59(66)75)39-47-30-25-24-26-31-47/h24-26,30-31,35-38,51-58,64,71-74H,7-23,27-29,32-34,39-41,65H2,1-6H3,(H2,66,75)(H,67,79)(H,68,76)(H,69,78)(H,70,77)/t51-,52+,53-,54-,55-,56-,57+,58-,64+/m0/s1. The van der Waals surface area contributed by atoms with Crippen LogP contribution in [0.3, 0.4) is 0 Å². The summed E-state index contributed by atoms with van der Waals surface area (Å²) in [5.74, 6) is -3.41. The number of phenols is 1. The van der Waals surface area contributed by atoms with Crippen molar-refractivity contribution in [2.45, 2.75) is 251 Å². The van der Waals surface area contributed by atoms with Crippen molar-refractivity contribution in [3.05, 3.63) is 99.1 Å². The van der Waals surface area contributed by atoms with Gasteiger partial charge in [-0.15, -0.1) is 0 Å². The molecule has 9 atom stereocenters. The van der Waals surface area contributed by atoms with Crippen LogP contribution < -0.4 is 32.7 Å². The average molecular weight is 1130 g/mol. The molecule has 1 aliphatic rings. The van der Waals surface area contributed by atoms with Crippen LogP contribution in [0.4, 0.5) is 0 Å². The number of phenolic OH excluding ortho intramolecular Hbond substituents is 1. The van der Waals surface area contributed by atoms with Crippen molar-refractivity contribution in [2.24, 2.45) is 11.5 Å². The predicted octanol–water partition coefficient (Wildman–Crippen LogP) is 7.38. The molecule has 4 rings (SSSR count). The molecule has 81 heavy (non-hydrogen) atoms. The van der Waals surface area contributed by atoms with Gasteiger partial charge in [-0.25, -0.2) is 0 Å². The van der Waals surface area contributed by atoms with E-state index in [0.717, 1.165) is 63.8 Å². The third-order valence-corrected chi connectivity index (χ3v) is 15.7. The molecule has 1 fully saturated rings. The number of benzene rings is 3. The molecular weight excluding hydrogens is 1030 g/mol. The lowest BCUT2D eigenvalue weighted by Gasteiger charge is -2.39. The zero-order valence-corrected chi connectivity index (χ0v) is 49.6. The molecule has 0 radical (unpaired) electrons. The highest BCUT2D eigenvalue weighted by atomic mass is 16.7. The van der Waals surface area contributed by atoms with E-state index in [9.17, 15) is 44.4 Å². The van der Waals surface area contributed by atoms with Gasteiger partial charge < -0.3 is 62.6 Å². The van der Waals surface area contributed by atoms with Gasteiger partial charge in [0.1, 0.15) is 42.2 Å². The van der Waals surface area contributed by atoms with Gasteiger partial charge >= 0.3 is 0 Å². The number of nitrogens with one attached hydrogen (secondary N) is 4. The summed E-state index contributed by atoms with van der Waals surface area (Å²) in [6.45, 7) is 11.9. The quantitative estimate of drug-likeness (QED) is 0.0251. The number of aliphatic hydroxyl groups excluding tert-OH is 3.